The van der Waals surface area contributed by atoms with E-state index in [4.69, 9.17) is 28.4 Å². The normalized spacial score (nSPS) is 38.6. The fraction of sp³-hybridized carbons (Fsp3) is 0.756. The standard InChI is InChI=1S/C41H66N2O12/c1-14-32-41(10,49)36(52-29(8)45)27(6)43(13)22-23(2)21-40(9,48)35(25(4)33(51-28(7)44)26(5)37(46)53-32)55-39-34(31(42(11)12)20-24(3)50-39)54-38(47)30-18-16-15-17-19-30/h15-19,23-27,31-36,39,48-49H,14,20-22H2,1-13H3/t23-,24-,25+,26-,27-,31+,32-,33+,34-,35-,36-,39+,40-,41-/m1/s1. The number of benzene rings is 1. The molecule has 3 rings (SSSR count). The van der Waals surface area contributed by atoms with Gasteiger partial charge in [-0.15, -0.1) is 0 Å². The lowest BCUT2D eigenvalue weighted by atomic mass is 9.77. The van der Waals surface area contributed by atoms with Crippen LogP contribution in [0.4, 0.5) is 0 Å². The number of hydrogen-bond acceptors (Lipinski definition) is 14. The number of esters is 4. The average molecular weight is 779 g/mol. The van der Waals surface area contributed by atoms with Gasteiger partial charge in [0.05, 0.1) is 35.3 Å². The summed E-state index contributed by atoms with van der Waals surface area (Å²) in [6.07, 6.45) is -6.16. The molecule has 0 bridgehead atoms. The monoisotopic (exact) mass is 778 g/mol. The van der Waals surface area contributed by atoms with Crippen LogP contribution >= 0.6 is 0 Å². The van der Waals surface area contributed by atoms with E-state index in [-0.39, 0.29) is 30.9 Å². The lowest BCUT2D eigenvalue weighted by molar-refractivity contribution is -0.298. The Hall–Kier alpha value is -3.14. The maximum absolute atomic E-state index is 14.1. The number of cyclic esters (lactones) is 1. The maximum atomic E-state index is 14.1. The SMILES string of the molecule is CC[C@H]1OC(=O)[C@H](C)[C@@H](OC(C)=O)[C@H](C)[C@@H](O[C@@H]2O[C@H](C)C[C@H](N(C)C)[C@H]2OC(=O)c2ccccc2)[C@](C)(O)C[C@@H](C)CN(C)[C@H](C)[C@@H](OC(C)=O)[C@]1(C)O. The molecule has 0 aromatic heterocycles. The van der Waals surface area contributed by atoms with Gasteiger partial charge < -0.3 is 43.5 Å². The van der Waals surface area contributed by atoms with Crippen molar-refractivity contribution >= 4 is 23.9 Å². The number of nitrogens with zero attached hydrogens (tertiary/aromatic N) is 2. The fourth-order valence-electron chi connectivity index (χ4n) is 8.38. The Labute approximate surface area is 327 Å². The second kappa shape index (κ2) is 19.3. The Bertz CT molecular complexity index is 1440. The summed E-state index contributed by atoms with van der Waals surface area (Å²) in [5.74, 6) is -4.83. The molecule has 0 radical (unpaired) electrons. The maximum Gasteiger partial charge on any atom is 0.338 e. The molecule has 0 spiro atoms. The minimum Gasteiger partial charge on any atom is -0.461 e. The van der Waals surface area contributed by atoms with Crippen LogP contribution in [0.25, 0.3) is 0 Å². The van der Waals surface area contributed by atoms with Gasteiger partial charge >= 0.3 is 23.9 Å². The number of likely N-dealkylation sites (N-methyl/N-ethyl adjacent to an activating group) is 2. The van der Waals surface area contributed by atoms with E-state index in [1.807, 2.05) is 51.7 Å². The highest BCUT2D eigenvalue weighted by atomic mass is 16.7. The molecule has 2 fully saturated rings. The highest BCUT2D eigenvalue weighted by Gasteiger charge is 2.52. The average Bonchev–Trinajstić information content (AvgIpc) is 3.09. The molecular formula is C41H66N2O12. The molecular weight excluding hydrogens is 712 g/mol. The van der Waals surface area contributed by atoms with Gasteiger partial charge in [0.2, 0.25) is 0 Å². The van der Waals surface area contributed by atoms with Crippen molar-refractivity contribution in [1.29, 1.82) is 0 Å². The van der Waals surface area contributed by atoms with Gasteiger partial charge in [0.1, 0.15) is 23.9 Å². The van der Waals surface area contributed by atoms with Crippen LogP contribution in [0.1, 0.15) is 98.9 Å². The Morgan fingerprint density at radius 3 is 2.07 bits per heavy atom. The molecule has 2 N–H and O–H groups in total. The van der Waals surface area contributed by atoms with Gasteiger partial charge in [-0.2, -0.15) is 0 Å². The Morgan fingerprint density at radius 1 is 0.927 bits per heavy atom. The second-order valence-corrected chi connectivity index (χ2v) is 16.5. The van der Waals surface area contributed by atoms with Gasteiger partial charge in [0.25, 0.3) is 0 Å². The molecule has 2 saturated heterocycles. The van der Waals surface area contributed by atoms with Crippen LogP contribution in [0.3, 0.4) is 0 Å². The molecule has 1 aromatic carbocycles. The zero-order valence-electron chi connectivity index (χ0n) is 35.0. The van der Waals surface area contributed by atoms with Crippen LogP contribution in [0.5, 0.6) is 0 Å². The van der Waals surface area contributed by atoms with E-state index in [2.05, 4.69) is 0 Å². The molecule has 14 nitrogen and oxygen atoms in total. The second-order valence-electron chi connectivity index (χ2n) is 16.5. The first-order valence-corrected chi connectivity index (χ1v) is 19.4. The van der Waals surface area contributed by atoms with Crippen molar-refractivity contribution in [3.63, 3.8) is 0 Å². The van der Waals surface area contributed by atoms with Crippen molar-refractivity contribution in [3.8, 4) is 0 Å². The molecule has 0 saturated carbocycles. The third kappa shape index (κ3) is 11.7. The minimum atomic E-state index is -1.82. The van der Waals surface area contributed by atoms with Crippen molar-refractivity contribution in [3.05, 3.63) is 35.9 Å². The molecule has 14 atom stereocenters. The van der Waals surface area contributed by atoms with Crippen LogP contribution in [-0.2, 0) is 42.8 Å². The lowest BCUT2D eigenvalue weighted by Crippen LogP contribution is -2.60. The predicted octanol–water partition coefficient (Wildman–Crippen LogP) is 3.98. The minimum absolute atomic E-state index is 0.157. The number of carbonyl (C=O) groups is 4. The van der Waals surface area contributed by atoms with Crippen LogP contribution < -0.4 is 0 Å². The highest BCUT2D eigenvalue weighted by Crippen LogP contribution is 2.38. The van der Waals surface area contributed by atoms with E-state index in [1.54, 1.807) is 58.0 Å². The molecule has 55 heavy (non-hydrogen) atoms. The smallest absolute Gasteiger partial charge is 0.338 e. The van der Waals surface area contributed by atoms with Crippen molar-refractivity contribution in [1.82, 2.24) is 9.80 Å². The zero-order chi connectivity index (χ0) is 41.6. The molecule has 0 amide bonds. The van der Waals surface area contributed by atoms with E-state index < -0.39 is 89.8 Å². The van der Waals surface area contributed by atoms with E-state index in [0.29, 0.717) is 18.5 Å². The zero-order valence-corrected chi connectivity index (χ0v) is 35.0. The molecule has 2 aliphatic rings. The van der Waals surface area contributed by atoms with Crippen molar-refractivity contribution < 1.29 is 57.8 Å². The summed E-state index contributed by atoms with van der Waals surface area (Å²) in [5, 5.41) is 24.6. The Morgan fingerprint density at radius 2 is 1.53 bits per heavy atom. The molecule has 2 aliphatic heterocycles. The third-order valence-electron chi connectivity index (χ3n) is 11.2. The summed E-state index contributed by atoms with van der Waals surface area (Å²) in [6.45, 7) is 16.6. The number of aliphatic hydroxyl groups is 2. The molecule has 14 heteroatoms. The first kappa shape index (κ1) is 46.2. The highest BCUT2D eigenvalue weighted by molar-refractivity contribution is 5.89. The predicted molar refractivity (Wildman–Crippen MR) is 204 cm³/mol. The summed E-state index contributed by atoms with van der Waals surface area (Å²) in [5.41, 5.74) is -3.12. The summed E-state index contributed by atoms with van der Waals surface area (Å²) in [6, 6.07) is 7.70. The van der Waals surface area contributed by atoms with Gasteiger partial charge in [0, 0.05) is 32.4 Å². The van der Waals surface area contributed by atoms with Gasteiger partial charge in [-0.1, -0.05) is 39.0 Å². The summed E-state index contributed by atoms with van der Waals surface area (Å²) < 4.78 is 37.0. The number of ether oxygens (including phenoxy) is 6. The van der Waals surface area contributed by atoms with Crippen molar-refractivity contribution in [2.45, 2.75) is 155 Å². The van der Waals surface area contributed by atoms with Crippen LogP contribution in [0.2, 0.25) is 0 Å². The van der Waals surface area contributed by atoms with Crippen LogP contribution in [-0.4, -0.2) is 138 Å². The lowest BCUT2D eigenvalue weighted by Gasteiger charge is -2.47. The number of rotatable bonds is 8. The van der Waals surface area contributed by atoms with E-state index >= 15 is 0 Å². The molecule has 2 heterocycles. The van der Waals surface area contributed by atoms with Gasteiger partial charge in [0.15, 0.2) is 12.4 Å². The topological polar surface area (TPSA) is 171 Å². The number of carbonyl (C=O) groups excluding carboxylic acids is 4. The molecule has 1 aromatic rings. The summed E-state index contributed by atoms with van der Waals surface area (Å²) in [7, 11) is 5.58. The summed E-state index contributed by atoms with van der Waals surface area (Å²) >= 11 is 0. The van der Waals surface area contributed by atoms with Gasteiger partial charge in [-0.3, -0.25) is 19.3 Å². The number of hydrogen-bond donors (Lipinski definition) is 2. The van der Waals surface area contributed by atoms with Crippen LogP contribution in [0.15, 0.2) is 30.3 Å². The Balaban J connectivity index is 2.18. The van der Waals surface area contributed by atoms with E-state index in [1.165, 1.54) is 20.8 Å². The first-order chi connectivity index (χ1) is 25.5. The molecule has 0 aliphatic carbocycles. The molecule has 312 valence electrons. The first-order valence-electron chi connectivity index (χ1n) is 19.4. The van der Waals surface area contributed by atoms with Gasteiger partial charge in [-0.05, 0) is 93.1 Å². The Kier molecular flexibility index (Phi) is 16.3. The van der Waals surface area contributed by atoms with Crippen LogP contribution in [0, 0.1) is 17.8 Å². The van der Waals surface area contributed by atoms with Gasteiger partial charge in [-0.25, -0.2) is 4.79 Å². The third-order valence-corrected chi connectivity index (χ3v) is 11.2. The van der Waals surface area contributed by atoms with E-state index in [0.717, 1.165) is 0 Å². The van der Waals surface area contributed by atoms with Crippen molar-refractivity contribution in [2.75, 3.05) is 27.7 Å². The quantitative estimate of drug-likeness (QED) is 0.287. The summed E-state index contributed by atoms with van der Waals surface area (Å²) in [4.78, 5) is 56.5. The molecule has 0 unspecified atom stereocenters. The van der Waals surface area contributed by atoms with E-state index in [9.17, 15) is 29.4 Å². The fourth-order valence-corrected chi connectivity index (χ4v) is 8.38. The van der Waals surface area contributed by atoms with Crippen molar-refractivity contribution in [2.24, 2.45) is 17.8 Å². The largest absolute Gasteiger partial charge is 0.461 e.